The van der Waals surface area contributed by atoms with E-state index >= 15 is 0 Å². The molecule has 106 valence electrons. The fraction of sp³-hybridized carbons (Fsp3) is 0.933. The van der Waals surface area contributed by atoms with E-state index in [4.69, 9.17) is 0 Å². The average molecular weight is 254 g/mol. The van der Waals surface area contributed by atoms with Crippen LogP contribution in [0.15, 0.2) is 0 Å². The van der Waals surface area contributed by atoms with Gasteiger partial charge >= 0.3 is 0 Å². The minimum absolute atomic E-state index is 0.00626. The van der Waals surface area contributed by atoms with Gasteiger partial charge in [-0.2, -0.15) is 0 Å². The number of hydrogen-bond acceptors (Lipinski definition) is 2. The highest BCUT2D eigenvalue weighted by Crippen LogP contribution is 2.24. The molecular weight excluding hydrogens is 224 g/mol. The van der Waals surface area contributed by atoms with Crippen molar-refractivity contribution >= 4 is 5.91 Å². The van der Waals surface area contributed by atoms with Crippen molar-refractivity contribution in [2.45, 2.75) is 66.6 Å². The highest BCUT2D eigenvalue weighted by Gasteiger charge is 2.41. The normalized spacial score (nSPS) is 24.9. The molecule has 1 aliphatic heterocycles. The number of nitrogens with zero attached hydrogens (tertiary/aromatic N) is 1. The van der Waals surface area contributed by atoms with Gasteiger partial charge in [0.25, 0.3) is 0 Å². The maximum atomic E-state index is 12.5. The van der Waals surface area contributed by atoms with E-state index in [1.165, 1.54) is 0 Å². The molecule has 0 aliphatic carbocycles. The number of carbonyl (C=O) groups excluding carboxylic acids is 1. The van der Waals surface area contributed by atoms with Crippen LogP contribution in [0.4, 0.5) is 0 Å². The Morgan fingerprint density at radius 2 is 1.67 bits per heavy atom. The first-order valence-corrected chi connectivity index (χ1v) is 7.48. The fourth-order valence-corrected chi connectivity index (χ4v) is 2.72. The molecule has 1 rings (SSSR count). The SMILES string of the molecule is CCC(CC)CN1C(=O)C(C(C)C)NC1C(C)C. The number of carbonyl (C=O) groups is 1. The molecule has 1 aliphatic rings. The summed E-state index contributed by atoms with van der Waals surface area (Å²) in [4.78, 5) is 14.6. The Balaban J connectivity index is 2.81. The molecule has 0 aromatic carbocycles. The van der Waals surface area contributed by atoms with Crippen LogP contribution in [0.5, 0.6) is 0 Å². The molecule has 1 N–H and O–H groups in total. The van der Waals surface area contributed by atoms with E-state index in [0.29, 0.717) is 23.7 Å². The largest absolute Gasteiger partial charge is 0.325 e. The quantitative estimate of drug-likeness (QED) is 0.790. The van der Waals surface area contributed by atoms with Gasteiger partial charge in [-0.1, -0.05) is 54.4 Å². The van der Waals surface area contributed by atoms with Gasteiger partial charge in [-0.15, -0.1) is 0 Å². The van der Waals surface area contributed by atoms with Crippen LogP contribution in [-0.2, 0) is 4.79 Å². The molecular formula is C15H30N2O. The van der Waals surface area contributed by atoms with Gasteiger partial charge in [0.05, 0.1) is 12.2 Å². The minimum atomic E-state index is 0.00626. The van der Waals surface area contributed by atoms with Crippen molar-refractivity contribution in [3.63, 3.8) is 0 Å². The predicted octanol–water partition coefficient (Wildman–Crippen LogP) is 2.86. The second-order valence-electron chi connectivity index (χ2n) is 6.25. The van der Waals surface area contributed by atoms with Crippen LogP contribution in [0, 0.1) is 17.8 Å². The first-order valence-electron chi connectivity index (χ1n) is 7.48. The molecule has 1 heterocycles. The monoisotopic (exact) mass is 254 g/mol. The lowest BCUT2D eigenvalue weighted by Gasteiger charge is -2.30. The minimum Gasteiger partial charge on any atom is -0.325 e. The number of nitrogens with one attached hydrogen (secondary N) is 1. The summed E-state index contributed by atoms with van der Waals surface area (Å²) in [7, 11) is 0. The zero-order chi connectivity index (χ0) is 13.9. The summed E-state index contributed by atoms with van der Waals surface area (Å²) in [6.45, 7) is 14.0. The van der Waals surface area contributed by atoms with Gasteiger partial charge in [-0.05, 0) is 17.8 Å². The fourth-order valence-electron chi connectivity index (χ4n) is 2.72. The lowest BCUT2D eigenvalue weighted by atomic mass is 10.0. The molecule has 1 amide bonds. The molecule has 1 saturated heterocycles. The van der Waals surface area contributed by atoms with Crippen LogP contribution in [0.2, 0.25) is 0 Å². The van der Waals surface area contributed by atoms with Crippen molar-refractivity contribution in [2.24, 2.45) is 17.8 Å². The van der Waals surface area contributed by atoms with Crippen molar-refractivity contribution in [2.75, 3.05) is 6.54 Å². The maximum Gasteiger partial charge on any atom is 0.241 e. The van der Waals surface area contributed by atoms with Crippen molar-refractivity contribution in [1.82, 2.24) is 10.2 Å². The molecule has 3 nitrogen and oxygen atoms in total. The summed E-state index contributed by atoms with van der Waals surface area (Å²) in [6.07, 6.45) is 2.51. The van der Waals surface area contributed by atoms with Crippen LogP contribution in [-0.4, -0.2) is 29.6 Å². The zero-order valence-electron chi connectivity index (χ0n) is 12.9. The Morgan fingerprint density at radius 1 is 1.11 bits per heavy atom. The zero-order valence-corrected chi connectivity index (χ0v) is 12.9. The third-order valence-electron chi connectivity index (χ3n) is 4.14. The van der Waals surface area contributed by atoms with E-state index in [1.807, 2.05) is 0 Å². The summed E-state index contributed by atoms with van der Waals surface area (Å²) in [5, 5.41) is 3.52. The second kappa shape index (κ2) is 6.55. The molecule has 3 heteroatoms. The van der Waals surface area contributed by atoms with Crippen molar-refractivity contribution in [1.29, 1.82) is 0 Å². The first kappa shape index (κ1) is 15.5. The molecule has 0 bridgehead atoms. The molecule has 2 atom stereocenters. The Bertz CT molecular complexity index is 272. The van der Waals surface area contributed by atoms with Crippen LogP contribution >= 0.6 is 0 Å². The van der Waals surface area contributed by atoms with Gasteiger partial charge in [0.15, 0.2) is 0 Å². The maximum absolute atomic E-state index is 12.5. The van der Waals surface area contributed by atoms with E-state index in [1.54, 1.807) is 0 Å². The van der Waals surface area contributed by atoms with E-state index < -0.39 is 0 Å². The van der Waals surface area contributed by atoms with E-state index in [9.17, 15) is 4.79 Å². The second-order valence-corrected chi connectivity index (χ2v) is 6.25. The number of hydrogen-bond donors (Lipinski definition) is 1. The third-order valence-corrected chi connectivity index (χ3v) is 4.14. The highest BCUT2D eigenvalue weighted by molar-refractivity contribution is 5.84. The Kier molecular flexibility index (Phi) is 5.64. The molecule has 0 radical (unpaired) electrons. The molecule has 0 spiro atoms. The van der Waals surface area contributed by atoms with Crippen molar-refractivity contribution < 1.29 is 4.79 Å². The van der Waals surface area contributed by atoms with Gasteiger partial charge in [-0.3, -0.25) is 10.1 Å². The molecule has 0 aromatic rings. The van der Waals surface area contributed by atoms with Gasteiger partial charge < -0.3 is 4.90 Å². The number of rotatable bonds is 6. The highest BCUT2D eigenvalue weighted by atomic mass is 16.2. The van der Waals surface area contributed by atoms with Crippen LogP contribution < -0.4 is 5.32 Å². The third kappa shape index (κ3) is 3.25. The van der Waals surface area contributed by atoms with Crippen molar-refractivity contribution in [3.8, 4) is 0 Å². The lowest BCUT2D eigenvalue weighted by molar-refractivity contribution is -0.131. The van der Waals surface area contributed by atoms with Crippen LogP contribution in [0.3, 0.4) is 0 Å². The summed E-state index contributed by atoms with van der Waals surface area (Å²) >= 11 is 0. The molecule has 0 aromatic heterocycles. The summed E-state index contributed by atoms with van der Waals surface area (Å²) < 4.78 is 0. The van der Waals surface area contributed by atoms with Crippen molar-refractivity contribution in [3.05, 3.63) is 0 Å². The molecule has 18 heavy (non-hydrogen) atoms. The number of amides is 1. The Morgan fingerprint density at radius 3 is 2.06 bits per heavy atom. The molecule has 2 unspecified atom stereocenters. The Hall–Kier alpha value is -0.570. The molecule has 0 saturated carbocycles. The summed E-state index contributed by atoms with van der Waals surface area (Å²) in [5.41, 5.74) is 0. The lowest BCUT2D eigenvalue weighted by Crippen LogP contribution is -2.43. The smallest absolute Gasteiger partial charge is 0.241 e. The van der Waals surface area contributed by atoms with E-state index in [2.05, 4.69) is 51.8 Å². The summed E-state index contributed by atoms with van der Waals surface area (Å²) in [6, 6.07) is 0.00626. The topological polar surface area (TPSA) is 32.3 Å². The standard InChI is InChI=1S/C15H30N2O/c1-7-12(8-2)9-17-14(11(5)6)16-13(10(3)4)15(17)18/h10-14,16H,7-9H2,1-6H3. The molecule has 1 fully saturated rings. The first-order chi connectivity index (χ1) is 8.42. The van der Waals surface area contributed by atoms with Gasteiger partial charge in [0.1, 0.15) is 0 Å². The average Bonchev–Trinajstić information content (AvgIpc) is 2.63. The van der Waals surface area contributed by atoms with Gasteiger partial charge in [-0.25, -0.2) is 0 Å². The van der Waals surface area contributed by atoms with E-state index in [0.717, 1.165) is 19.4 Å². The van der Waals surface area contributed by atoms with Crippen LogP contribution in [0.25, 0.3) is 0 Å². The van der Waals surface area contributed by atoms with Gasteiger partial charge in [0, 0.05) is 6.54 Å². The Labute approximate surface area is 112 Å². The van der Waals surface area contributed by atoms with Crippen LogP contribution in [0.1, 0.15) is 54.4 Å². The van der Waals surface area contributed by atoms with E-state index in [-0.39, 0.29) is 12.2 Å². The predicted molar refractivity (Wildman–Crippen MR) is 76.2 cm³/mol. The van der Waals surface area contributed by atoms with Gasteiger partial charge in [0.2, 0.25) is 5.91 Å². The summed E-state index contributed by atoms with van der Waals surface area (Å²) in [5.74, 6) is 1.76.